The second-order valence-corrected chi connectivity index (χ2v) is 8.57. The van der Waals surface area contributed by atoms with E-state index >= 15 is 0 Å². The highest BCUT2D eigenvalue weighted by Gasteiger charge is 2.28. The normalized spacial score (nSPS) is 22.3. The van der Waals surface area contributed by atoms with Crippen LogP contribution in [0.4, 0.5) is 5.00 Å². The zero-order valence-electron chi connectivity index (χ0n) is 15.7. The van der Waals surface area contributed by atoms with Gasteiger partial charge in [-0.05, 0) is 57.6 Å². The first-order valence-electron chi connectivity index (χ1n) is 9.59. The van der Waals surface area contributed by atoms with Gasteiger partial charge in [0.1, 0.15) is 5.84 Å². The summed E-state index contributed by atoms with van der Waals surface area (Å²) in [6.07, 6.45) is 7.83. The Morgan fingerprint density at radius 2 is 2.04 bits per heavy atom. The quantitative estimate of drug-likeness (QED) is 0.433. The molecule has 26 heavy (non-hydrogen) atoms. The SMILES string of the molecule is CNc1sc2c(c1C(=N)NC1CCC(N(C)CCC(=O)O)CC1)CCC2. The van der Waals surface area contributed by atoms with E-state index in [0.717, 1.165) is 49.1 Å². The second kappa shape index (κ2) is 8.39. The van der Waals surface area contributed by atoms with Crippen LogP contribution in [-0.4, -0.2) is 54.5 Å². The molecule has 0 radical (unpaired) electrons. The van der Waals surface area contributed by atoms with Crippen molar-refractivity contribution >= 4 is 28.1 Å². The molecule has 1 heterocycles. The number of thiophene rings is 1. The molecule has 1 aromatic heterocycles. The molecule has 0 amide bonds. The Morgan fingerprint density at radius 3 is 2.69 bits per heavy atom. The van der Waals surface area contributed by atoms with Crippen molar-refractivity contribution in [3.05, 3.63) is 16.0 Å². The lowest BCUT2D eigenvalue weighted by Gasteiger charge is -2.35. The number of rotatable bonds is 7. The summed E-state index contributed by atoms with van der Waals surface area (Å²) < 4.78 is 0. The number of fused-ring (bicyclic) bond motifs is 1. The fraction of sp³-hybridized carbons (Fsp3) is 0.684. The first-order valence-corrected chi connectivity index (χ1v) is 10.4. The summed E-state index contributed by atoms with van der Waals surface area (Å²) in [5, 5.41) is 25.3. The van der Waals surface area contributed by atoms with Crippen LogP contribution in [0.5, 0.6) is 0 Å². The number of carbonyl (C=O) groups is 1. The van der Waals surface area contributed by atoms with Crippen LogP contribution in [0.25, 0.3) is 0 Å². The van der Waals surface area contributed by atoms with Gasteiger partial charge in [0.2, 0.25) is 0 Å². The van der Waals surface area contributed by atoms with E-state index in [9.17, 15) is 4.79 Å². The van der Waals surface area contributed by atoms with Gasteiger partial charge in [-0.25, -0.2) is 0 Å². The third-order valence-corrected chi connectivity index (χ3v) is 7.05. The van der Waals surface area contributed by atoms with E-state index in [4.69, 9.17) is 10.5 Å². The van der Waals surface area contributed by atoms with Crippen LogP contribution >= 0.6 is 11.3 Å². The largest absolute Gasteiger partial charge is 0.481 e. The Balaban J connectivity index is 1.54. The summed E-state index contributed by atoms with van der Waals surface area (Å²) in [6.45, 7) is 0.612. The van der Waals surface area contributed by atoms with Gasteiger partial charge < -0.3 is 20.6 Å². The van der Waals surface area contributed by atoms with Gasteiger partial charge in [-0.2, -0.15) is 0 Å². The van der Waals surface area contributed by atoms with Gasteiger partial charge in [0.25, 0.3) is 0 Å². The number of carboxylic acids is 1. The summed E-state index contributed by atoms with van der Waals surface area (Å²) >= 11 is 1.80. The molecule has 1 saturated carbocycles. The van der Waals surface area contributed by atoms with Gasteiger partial charge >= 0.3 is 5.97 Å². The number of aliphatic carboxylic acids is 1. The van der Waals surface area contributed by atoms with Crippen molar-refractivity contribution in [3.63, 3.8) is 0 Å². The number of nitrogens with zero attached hydrogens (tertiary/aromatic N) is 1. The standard InChI is InChI=1S/C19H30N4O2S/c1-21-19-17(14-4-3-5-15(14)26-19)18(20)22-12-6-8-13(9-7-12)23(2)11-10-16(24)25/h12-13,21H,3-11H2,1-2H3,(H2,20,22)(H,24,25). The molecule has 7 heteroatoms. The number of anilines is 1. The van der Waals surface area contributed by atoms with Gasteiger partial charge in [0.05, 0.1) is 17.0 Å². The Morgan fingerprint density at radius 1 is 1.31 bits per heavy atom. The molecule has 1 fully saturated rings. The Labute approximate surface area is 159 Å². The minimum Gasteiger partial charge on any atom is -0.481 e. The summed E-state index contributed by atoms with van der Waals surface area (Å²) in [7, 11) is 3.97. The number of aryl methyl sites for hydroxylation is 1. The van der Waals surface area contributed by atoms with Crippen LogP contribution in [-0.2, 0) is 17.6 Å². The molecule has 2 aliphatic carbocycles. The fourth-order valence-corrected chi connectivity index (χ4v) is 5.49. The molecule has 0 unspecified atom stereocenters. The number of amidine groups is 1. The van der Waals surface area contributed by atoms with E-state index < -0.39 is 5.97 Å². The van der Waals surface area contributed by atoms with Gasteiger partial charge in [-0.3, -0.25) is 10.2 Å². The van der Waals surface area contributed by atoms with Crippen LogP contribution in [0.1, 0.15) is 54.5 Å². The second-order valence-electron chi connectivity index (χ2n) is 7.46. The molecule has 0 atom stereocenters. The van der Waals surface area contributed by atoms with Crippen LogP contribution < -0.4 is 10.6 Å². The Kier molecular flexibility index (Phi) is 6.19. The molecule has 0 aliphatic heterocycles. The van der Waals surface area contributed by atoms with Crippen LogP contribution in [0.15, 0.2) is 0 Å². The lowest BCUT2D eigenvalue weighted by molar-refractivity contribution is -0.137. The predicted octanol–water partition coefficient (Wildman–Crippen LogP) is 2.91. The third-order valence-electron chi connectivity index (χ3n) is 5.75. The van der Waals surface area contributed by atoms with Crippen LogP contribution in [0, 0.1) is 5.41 Å². The smallest absolute Gasteiger partial charge is 0.304 e. The molecule has 0 bridgehead atoms. The van der Waals surface area contributed by atoms with Gasteiger partial charge in [0, 0.05) is 30.6 Å². The molecule has 1 aromatic rings. The van der Waals surface area contributed by atoms with E-state index in [1.165, 1.54) is 16.9 Å². The maximum Gasteiger partial charge on any atom is 0.304 e. The molecular weight excluding hydrogens is 348 g/mol. The van der Waals surface area contributed by atoms with E-state index in [0.29, 0.717) is 24.5 Å². The third kappa shape index (κ3) is 4.20. The lowest BCUT2D eigenvalue weighted by Crippen LogP contribution is -2.43. The van der Waals surface area contributed by atoms with Gasteiger partial charge in [-0.1, -0.05) is 0 Å². The molecule has 0 saturated heterocycles. The minimum absolute atomic E-state index is 0.204. The van der Waals surface area contributed by atoms with Crippen molar-refractivity contribution in [2.45, 2.75) is 63.5 Å². The average Bonchev–Trinajstić information content (AvgIpc) is 3.20. The molecule has 2 aliphatic rings. The Hall–Kier alpha value is -1.60. The molecular formula is C19H30N4O2S. The zero-order valence-corrected chi connectivity index (χ0v) is 16.5. The topological polar surface area (TPSA) is 88.5 Å². The van der Waals surface area contributed by atoms with Crippen LogP contribution in [0.3, 0.4) is 0 Å². The van der Waals surface area contributed by atoms with Crippen molar-refractivity contribution in [1.82, 2.24) is 10.2 Å². The van der Waals surface area contributed by atoms with Gasteiger partial charge in [-0.15, -0.1) is 11.3 Å². The number of hydrogen-bond acceptors (Lipinski definition) is 5. The molecule has 0 aromatic carbocycles. The number of carboxylic acid groups (broad SMARTS) is 1. The highest BCUT2D eigenvalue weighted by molar-refractivity contribution is 7.16. The van der Waals surface area contributed by atoms with E-state index in [2.05, 4.69) is 15.5 Å². The number of nitrogens with one attached hydrogen (secondary N) is 3. The summed E-state index contributed by atoms with van der Waals surface area (Å²) in [4.78, 5) is 14.4. The van der Waals surface area contributed by atoms with E-state index in [1.807, 2.05) is 14.1 Å². The van der Waals surface area contributed by atoms with Crippen molar-refractivity contribution in [1.29, 1.82) is 5.41 Å². The predicted molar refractivity (Wildman–Crippen MR) is 107 cm³/mol. The average molecular weight is 379 g/mol. The summed E-state index contributed by atoms with van der Waals surface area (Å²) in [6, 6.07) is 0.799. The monoisotopic (exact) mass is 378 g/mol. The highest BCUT2D eigenvalue weighted by atomic mass is 32.1. The lowest BCUT2D eigenvalue weighted by atomic mass is 9.90. The van der Waals surface area contributed by atoms with Crippen molar-refractivity contribution < 1.29 is 9.90 Å². The van der Waals surface area contributed by atoms with Crippen molar-refractivity contribution in [2.24, 2.45) is 0 Å². The van der Waals surface area contributed by atoms with Crippen molar-refractivity contribution in [2.75, 3.05) is 26.0 Å². The Bertz CT molecular complexity index is 665. The zero-order chi connectivity index (χ0) is 18.7. The van der Waals surface area contributed by atoms with Crippen LogP contribution in [0.2, 0.25) is 0 Å². The van der Waals surface area contributed by atoms with E-state index in [-0.39, 0.29) is 6.42 Å². The molecule has 3 rings (SSSR count). The number of hydrogen-bond donors (Lipinski definition) is 4. The van der Waals surface area contributed by atoms with Gasteiger partial charge in [0.15, 0.2) is 0 Å². The highest BCUT2D eigenvalue weighted by Crippen LogP contribution is 2.39. The first kappa shape index (κ1) is 19.2. The minimum atomic E-state index is -0.732. The maximum atomic E-state index is 10.7. The summed E-state index contributed by atoms with van der Waals surface area (Å²) in [5.74, 6) is -0.166. The van der Waals surface area contributed by atoms with Crippen molar-refractivity contribution in [3.8, 4) is 0 Å². The maximum absolute atomic E-state index is 10.7. The fourth-order valence-electron chi connectivity index (χ4n) is 4.24. The summed E-state index contributed by atoms with van der Waals surface area (Å²) in [5.41, 5.74) is 2.46. The molecule has 4 N–H and O–H groups in total. The van der Waals surface area contributed by atoms with E-state index in [1.54, 1.807) is 11.3 Å². The first-order chi connectivity index (χ1) is 12.5. The molecule has 0 spiro atoms. The molecule has 6 nitrogen and oxygen atoms in total. The molecule has 144 valence electrons.